The second kappa shape index (κ2) is 5.38. The third-order valence-electron chi connectivity index (χ3n) is 3.15. The molecule has 1 atom stereocenters. The van der Waals surface area contributed by atoms with Crippen molar-refractivity contribution in [2.75, 3.05) is 6.61 Å². The standard InChI is InChI=1S/C10H9F11O/c11-6(12,5-3-1-2-4-22-5)7(13,14)8(15,16)9(17,18)10(19,20)21/h5H,1-4H2. The van der Waals surface area contributed by atoms with Crippen molar-refractivity contribution in [2.24, 2.45) is 0 Å². The van der Waals surface area contributed by atoms with E-state index in [1.165, 1.54) is 0 Å². The van der Waals surface area contributed by atoms with Gasteiger partial charge in [0.25, 0.3) is 0 Å². The Balaban J connectivity index is 3.24. The van der Waals surface area contributed by atoms with E-state index in [0.29, 0.717) is 0 Å². The number of hydrogen-bond donors (Lipinski definition) is 0. The predicted molar refractivity (Wildman–Crippen MR) is 49.4 cm³/mol. The summed E-state index contributed by atoms with van der Waals surface area (Å²) in [5.41, 5.74) is 0. The molecule has 132 valence electrons. The van der Waals surface area contributed by atoms with Gasteiger partial charge in [0.05, 0.1) is 0 Å². The van der Waals surface area contributed by atoms with Crippen LogP contribution in [0, 0.1) is 0 Å². The van der Waals surface area contributed by atoms with E-state index in [4.69, 9.17) is 0 Å². The third-order valence-corrected chi connectivity index (χ3v) is 3.15. The smallest absolute Gasteiger partial charge is 0.372 e. The Kier molecular flexibility index (Phi) is 4.70. The summed E-state index contributed by atoms with van der Waals surface area (Å²) in [5, 5.41) is 0. The highest BCUT2D eigenvalue weighted by Gasteiger charge is 2.88. The highest BCUT2D eigenvalue weighted by atomic mass is 19.4. The maximum absolute atomic E-state index is 13.4. The van der Waals surface area contributed by atoms with Crippen molar-refractivity contribution in [3.63, 3.8) is 0 Å². The van der Waals surface area contributed by atoms with E-state index in [9.17, 15) is 48.3 Å². The number of ether oxygens (including phenoxy) is 1. The summed E-state index contributed by atoms with van der Waals surface area (Å²) in [4.78, 5) is 0. The molecule has 0 bridgehead atoms. The van der Waals surface area contributed by atoms with Crippen molar-refractivity contribution in [1.82, 2.24) is 0 Å². The molecule has 1 aliphatic rings. The van der Waals surface area contributed by atoms with Gasteiger partial charge >= 0.3 is 29.9 Å². The van der Waals surface area contributed by atoms with Gasteiger partial charge in [-0.05, 0) is 19.3 Å². The van der Waals surface area contributed by atoms with Crippen LogP contribution >= 0.6 is 0 Å². The molecule has 1 saturated heterocycles. The number of hydrogen-bond acceptors (Lipinski definition) is 1. The Morgan fingerprint density at radius 1 is 0.636 bits per heavy atom. The first-order valence-corrected chi connectivity index (χ1v) is 5.80. The van der Waals surface area contributed by atoms with Crippen LogP contribution in [-0.4, -0.2) is 42.6 Å². The molecule has 0 aliphatic carbocycles. The van der Waals surface area contributed by atoms with Crippen LogP contribution in [0.5, 0.6) is 0 Å². The summed E-state index contributed by atoms with van der Waals surface area (Å²) in [7, 11) is 0. The summed E-state index contributed by atoms with van der Waals surface area (Å²) < 4.78 is 144. The molecule has 1 nitrogen and oxygen atoms in total. The van der Waals surface area contributed by atoms with Crippen LogP contribution in [0.4, 0.5) is 48.3 Å². The summed E-state index contributed by atoms with van der Waals surface area (Å²) in [5.74, 6) is -27.6. The summed E-state index contributed by atoms with van der Waals surface area (Å²) in [6, 6.07) is 0. The van der Waals surface area contributed by atoms with Crippen LogP contribution < -0.4 is 0 Å². The van der Waals surface area contributed by atoms with E-state index in [2.05, 4.69) is 4.74 Å². The van der Waals surface area contributed by atoms with Gasteiger partial charge in [0.15, 0.2) is 0 Å². The summed E-state index contributed by atoms with van der Waals surface area (Å²) >= 11 is 0. The molecule has 0 radical (unpaired) electrons. The molecule has 0 aromatic carbocycles. The van der Waals surface area contributed by atoms with E-state index in [1.54, 1.807) is 0 Å². The first-order valence-electron chi connectivity index (χ1n) is 5.80. The predicted octanol–water partition coefficient (Wildman–Crippen LogP) is 4.66. The largest absolute Gasteiger partial charge is 0.460 e. The van der Waals surface area contributed by atoms with Gasteiger partial charge in [-0.3, -0.25) is 0 Å². The fourth-order valence-corrected chi connectivity index (χ4v) is 1.81. The molecule has 1 unspecified atom stereocenters. The summed E-state index contributed by atoms with van der Waals surface area (Å²) in [6.45, 7) is -0.530. The Labute approximate surface area is 116 Å². The van der Waals surface area contributed by atoms with E-state index in [1.807, 2.05) is 0 Å². The molecule has 0 saturated carbocycles. The van der Waals surface area contributed by atoms with Gasteiger partial charge in [0, 0.05) is 6.61 Å². The minimum atomic E-state index is -7.36. The average molecular weight is 354 g/mol. The molecular formula is C10H9F11O. The van der Waals surface area contributed by atoms with Crippen LogP contribution in [0.15, 0.2) is 0 Å². The lowest BCUT2D eigenvalue weighted by Crippen LogP contribution is -2.69. The third kappa shape index (κ3) is 2.62. The molecule has 12 heteroatoms. The molecule has 0 aromatic heterocycles. The van der Waals surface area contributed by atoms with Crippen LogP contribution in [0.3, 0.4) is 0 Å². The minimum absolute atomic E-state index is 0.132. The van der Waals surface area contributed by atoms with Crippen molar-refractivity contribution >= 4 is 0 Å². The van der Waals surface area contributed by atoms with Crippen molar-refractivity contribution in [2.45, 2.75) is 55.2 Å². The number of alkyl halides is 11. The zero-order valence-electron chi connectivity index (χ0n) is 10.5. The van der Waals surface area contributed by atoms with Crippen molar-refractivity contribution < 1.29 is 53.0 Å². The quantitative estimate of drug-likeness (QED) is 0.668. The Bertz CT molecular complexity index is 394. The van der Waals surface area contributed by atoms with Crippen LogP contribution in [-0.2, 0) is 4.74 Å². The van der Waals surface area contributed by atoms with Crippen molar-refractivity contribution in [1.29, 1.82) is 0 Å². The maximum atomic E-state index is 13.4. The lowest BCUT2D eigenvalue weighted by Gasteiger charge is -2.40. The monoisotopic (exact) mass is 354 g/mol. The van der Waals surface area contributed by atoms with Gasteiger partial charge in [-0.15, -0.1) is 0 Å². The SMILES string of the molecule is FC(F)(F)C(F)(F)C(F)(F)C(F)(F)C(F)(F)C1CCCCO1. The second-order valence-electron chi connectivity index (χ2n) is 4.70. The topological polar surface area (TPSA) is 9.23 Å². The van der Waals surface area contributed by atoms with Crippen LogP contribution in [0.25, 0.3) is 0 Å². The molecule has 0 spiro atoms. The van der Waals surface area contributed by atoms with Gasteiger partial charge in [0.2, 0.25) is 0 Å². The Hall–Kier alpha value is -0.810. The molecule has 1 aliphatic heterocycles. The zero-order chi connectivity index (χ0) is 17.6. The molecule has 0 N–H and O–H groups in total. The normalized spacial score (nSPS) is 22.8. The minimum Gasteiger partial charge on any atom is -0.372 e. The highest BCUT2D eigenvalue weighted by Crippen LogP contribution is 2.58. The first kappa shape index (κ1) is 19.2. The molecule has 1 heterocycles. The summed E-state index contributed by atoms with van der Waals surface area (Å²) in [6.07, 6.45) is -10.9. The molecule has 1 fully saturated rings. The second-order valence-corrected chi connectivity index (χ2v) is 4.70. The highest BCUT2D eigenvalue weighted by molar-refractivity contribution is 5.08. The van der Waals surface area contributed by atoms with E-state index in [0.717, 1.165) is 0 Å². The molecule has 1 rings (SSSR count). The van der Waals surface area contributed by atoms with Gasteiger partial charge in [-0.1, -0.05) is 0 Å². The van der Waals surface area contributed by atoms with Crippen molar-refractivity contribution in [3.8, 4) is 0 Å². The van der Waals surface area contributed by atoms with Gasteiger partial charge in [0.1, 0.15) is 6.10 Å². The molecular weight excluding hydrogens is 345 g/mol. The van der Waals surface area contributed by atoms with Gasteiger partial charge in [-0.2, -0.15) is 48.3 Å². The maximum Gasteiger partial charge on any atom is 0.460 e. The average Bonchev–Trinajstić information content (AvgIpc) is 2.37. The fraction of sp³-hybridized carbons (Fsp3) is 1.00. The molecule has 0 aromatic rings. The van der Waals surface area contributed by atoms with Crippen LogP contribution in [0.2, 0.25) is 0 Å². The first-order chi connectivity index (χ1) is 9.61. The number of rotatable bonds is 4. The van der Waals surface area contributed by atoms with Crippen molar-refractivity contribution in [3.05, 3.63) is 0 Å². The van der Waals surface area contributed by atoms with E-state index >= 15 is 0 Å². The van der Waals surface area contributed by atoms with E-state index < -0.39 is 49.0 Å². The number of halogens is 11. The zero-order valence-corrected chi connectivity index (χ0v) is 10.5. The fourth-order valence-electron chi connectivity index (χ4n) is 1.81. The Morgan fingerprint density at radius 2 is 1.14 bits per heavy atom. The van der Waals surface area contributed by atoms with Gasteiger partial charge in [-0.25, -0.2) is 0 Å². The molecule has 22 heavy (non-hydrogen) atoms. The lowest BCUT2D eigenvalue weighted by molar-refractivity contribution is -0.430. The Morgan fingerprint density at radius 3 is 1.50 bits per heavy atom. The van der Waals surface area contributed by atoms with Crippen LogP contribution in [0.1, 0.15) is 19.3 Å². The van der Waals surface area contributed by atoms with Gasteiger partial charge < -0.3 is 4.74 Å². The lowest BCUT2D eigenvalue weighted by atomic mass is 9.91. The molecule has 0 amide bonds. The van der Waals surface area contributed by atoms with E-state index in [-0.39, 0.29) is 12.8 Å².